The highest BCUT2D eigenvalue weighted by atomic mass is 32.2. The third-order valence-electron chi connectivity index (χ3n) is 3.78. The Kier molecular flexibility index (Phi) is 4.09. The Hall–Kier alpha value is -2.33. The van der Waals surface area contributed by atoms with Crippen molar-refractivity contribution in [3.8, 4) is 5.75 Å². The smallest absolute Gasteiger partial charge is 0.339 e. The van der Waals surface area contributed by atoms with Gasteiger partial charge in [0.05, 0.1) is 0 Å². The highest BCUT2D eigenvalue weighted by Crippen LogP contribution is 2.28. The van der Waals surface area contributed by atoms with E-state index < -0.39 is 10.1 Å². The van der Waals surface area contributed by atoms with E-state index in [1.165, 1.54) is 0 Å². The van der Waals surface area contributed by atoms with Crippen LogP contribution >= 0.6 is 0 Å². The molecule has 0 N–H and O–H groups in total. The van der Waals surface area contributed by atoms with Gasteiger partial charge in [0.1, 0.15) is 4.90 Å². The molecule has 0 aliphatic carbocycles. The maximum Gasteiger partial charge on any atom is 0.339 e. The standard InChI is InChI=1S/C19H18O3S/c1-14(2)15-10-12-17(13-11-15)23(20,21)22-19-9-5-7-16-6-3-4-8-18(16)19/h3-14H,1-2H3. The Bertz CT molecular complexity index is 921. The average molecular weight is 326 g/mol. The minimum atomic E-state index is -3.85. The van der Waals surface area contributed by atoms with Crippen LogP contribution in [0, 0.1) is 0 Å². The molecule has 0 radical (unpaired) electrons. The number of hydrogen-bond donors (Lipinski definition) is 0. The highest BCUT2D eigenvalue weighted by Gasteiger charge is 2.18. The second-order valence-electron chi connectivity index (χ2n) is 5.74. The van der Waals surface area contributed by atoms with Crippen molar-refractivity contribution in [1.29, 1.82) is 0 Å². The first-order valence-electron chi connectivity index (χ1n) is 7.49. The summed E-state index contributed by atoms with van der Waals surface area (Å²) in [7, 11) is -3.85. The fourth-order valence-corrected chi connectivity index (χ4v) is 3.40. The van der Waals surface area contributed by atoms with E-state index in [1.807, 2.05) is 42.5 Å². The molecule has 0 saturated carbocycles. The van der Waals surface area contributed by atoms with E-state index in [0.717, 1.165) is 16.3 Å². The first-order chi connectivity index (χ1) is 11.0. The number of rotatable bonds is 4. The van der Waals surface area contributed by atoms with Crippen molar-refractivity contribution in [3.63, 3.8) is 0 Å². The van der Waals surface area contributed by atoms with E-state index in [0.29, 0.717) is 11.7 Å². The molecule has 3 aromatic carbocycles. The minimum Gasteiger partial charge on any atom is -0.378 e. The maximum absolute atomic E-state index is 12.5. The summed E-state index contributed by atoms with van der Waals surface area (Å²) in [5.74, 6) is 0.696. The molecular formula is C19H18O3S. The molecule has 23 heavy (non-hydrogen) atoms. The Morgan fingerprint density at radius 2 is 1.48 bits per heavy atom. The lowest BCUT2D eigenvalue weighted by Gasteiger charge is -2.11. The molecule has 0 unspecified atom stereocenters. The predicted octanol–water partition coefficient (Wildman–Crippen LogP) is 4.73. The van der Waals surface area contributed by atoms with Crippen molar-refractivity contribution >= 4 is 20.9 Å². The van der Waals surface area contributed by atoms with Gasteiger partial charge in [-0.2, -0.15) is 8.42 Å². The fraction of sp³-hybridized carbons (Fsp3) is 0.158. The molecule has 3 nitrogen and oxygen atoms in total. The topological polar surface area (TPSA) is 43.4 Å². The van der Waals surface area contributed by atoms with E-state index in [9.17, 15) is 8.42 Å². The van der Waals surface area contributed by atoms with Crippen molar-refractivity contribution in [2.45, 2.75) is 24.7 Å². The molecule has 0 aliphatic rings. The van der Waals surface area contributed by atoms with Gasteiger partial charge in [0.15, 0.2) is 5.75 Å². The molecule has 0 heterocycles. The fourth-order valence-electron chi connectivity index (χ4n) is 2.45. The molecule has 118 valence electrons. The van der Waals surface area contributed by atoms with E-state index in [1.54, 1.807) is 24.3 Å². The lowest BCUT2D eigenvalue weighted by molar-refractivity contribution is 0.488. The quantitative estimate of drug-likeness (QED) is 0.651. The zero-order chi connectivity index (χ0) is 16.4. The van der Waals surface area contributed by atoms with Gasteiger partial charge in [-0.25, -0.2) is 0 Å². The second-order valence-corrected chi connectivity index (χ2v) is 7.28. The van der Waals surface area contributed by atoms with E-state index in [-0.39, 0.29) is 4.90 Å². The lowest BCUT2D eigenvalue weighted by atomic mass is 10.0. The van der Waals surface area contributed by atoms with E-state index in [2.05, 4.69) is 13.8 Å². The first-order valence-corrected chi connectivity index (χ1v) is 8.90. The van der Waals surface area contributed by atoms with Crippen LogP contribution in [0.5, 0.6) is 5.75 Å². The summed E-state index contributed by atoms with van der Waals surface area (Å²) >= 11 is 0. The van der Waals surface area contributed by atoms with Crippen molar-refractivity contribution in [3.05, 3.63) is 72.3 Å². The number of fused-ring (bicyclic) bond motifs is 1. The van der Waals surface area contributed by atoms with Gasteiger partial charge in [-0.1, -0.05) is 62.4 Å². The summed E-state index contributed by atoms with van der Waals surface area (Å²) in [6.07, 6.45) is 0. The third-order valence-corrected chi connectivity index (χ3v) is 5.03. The lowest BCUT2D eigenvalue weighted by Crippen LogP contribution is -2.10. The van der Waals surface area contributed by atoms with Gasteiger partial charge in [0.25, 0.3) is 0 Å². The Labute approximate surface area is 136 Å². The molecule has 0 amide bonds. The van der Waals surface area contributed by atoms with Gasteiger partial charge >= 0.3 is 10.1 Å². The first kappa shape index (κ1) is 15.6. The van der Waals surface area contributed by atoms with Crippen LogP contribution in [0.1, 0.15) is 25.3 Å². The summed E-state index contributed by atoms with van der Waals surface area (Å²) < 4.78 is 30.4. The summed E-state index contributed by atoms with van der Waals surface area (Å²) in [6.45, 7) is 4.13. The Morgan fingerprint density at radius 1 is 0.826 bits per heavy atom. The van der Waals surface area contributed by atoms with Crippen LogP contribution in [0.3, 0.4) is 0 Å². The van der Waals surface area contributed by atoms with Gasteiger partial charge in [-0.15, -0.1) is 0 Å². The molecule has 3 aromatic rings. The molecule has 0 spiro atoms. The molecule has 0 saturated heterocycles. The Morgan fingerprint density at radius 3 is 2.17 bits per heavy atom. The Balaban J connectivity index is 1.97. The molecule has 0 atom stereocenters. The highest BCUT2D eigenvalue weighted by molar-refractivity contribution is 7.87. The number of benzene rings is 3. The second kappa shape index (κ2) is 6.05. The molecule has 0 fully saturated rings. The molecule has 0 bridgehead atoms. The molecular weight excluding hydrogens is 308 g/mol. The van der Waals surface area contributed by atoms with Crippen molar-refractivity contribution in [2.75, 3.05) is 0 Å². The average Bonchev–Trinajstić information content (AvgIpc) is 2.55. The SMILES string of the molecule is CC(C)c1ccc(S(=O)(=O)Oc2cccc3ccccc23)cc1. The van der Waals surface area contributed by atoms with Gasteiger partial charge in [0, 0.05) is 5.39 Å². The van der Waals surface area contributed by atoms with Crippen LogP contribution in [0.25, 0.3) is 10.8 Å². The van der Waals surface area contributed by atoms with Crippen LogP contribution in [0.2, 0.25) is 0 Å². The zero-order valence-corrected chi connectivity index (χ0v) is 13.9. The van der Waals surface area contributed by atoms with Crippen molar-refractivity contribution < 1.29 is 12.6 Å². The molecule has 0 aromatic heterocycles. The molecule has 0 aliphatic heterocycles. The number of hydrogen-bond acceptors (Lipinski definition) is 3. The van der Waals surface area contributed by atoms with Gasteiger partial charge in [0.2, 0.25) is 0 Å². The van der Waals surface area contributed by atoms with Gasteiger partial charge in [-0.3, -0.25) is 0 Å². The van der Waals surface area contributed by atoms with Crippen LogP contribution in [-0.2, 0) is 10.1 Å². The van der Waals surface area contributed by atoms with Crippen molar-refractivity contribution in [2.24, 2.45) is 0 Å². The summed E-state index contributed by atoms with van der Waals surface area (Å²) in [6, 6.07) is 19.8. The minimum absolute atomic E-state index is 0.162. The van der Waals surface area contributed by atoms with Crippen LogP contribution in [-0.4, -0.2) is 8.42 Å². The largest absolute Gasteiger partial charge is 0.378 e. The third kappa shape index (κ3) is 3.22. The zero-order valence-electron chi connectivity index (χ0n) is 13.1. The molecule has 4 heteroatoms. The van der Waals surface area contributed by atoms with Crippen molar-refractivity contribution in [1.82, 2.24) is 0 Å². The van der Waals surface area contributed by atoms with Gasteiger partial charge in [-0.05, 0) is 35.1 Å². The van der Waals surface area contributed by atoms with Crippen LogP contribution in [0.4, 0.5) is 0 Å². The molecule has 3 rings (SSSR count). The van der Waals surface area contributed by atoms with E-state index >= 15 is 0 Å². The summed E-state index contributed by atoms with van der Waals surface area (Å²) in [4.78, 5) is 0.162. The predicted molar refractivity (Wildman–Crippen MR) is 92.3 cm³/mol. The van der Waals surface area contributed by atoms with Crippen LogP contribution in [0.15, 0.2) is 71.6 Å². The van der Waals surface area contributed by atoms with E-state index in [4.69, 9.17) is 4.18 Å². The summed E-state index contributed by atoms with van der Waals surface area (Å²) in [5, 5.41) is 1.72. The normalized spacial score (nSPS) is 11.8. The summed E-state index contributed by atoms with van der Waals surface area (Å²) in [5.41, 5.74) is 1.09. The van der Waals surface area contributed by atoms with Gasteiger partial charge < -0.3 is 4.18 Å². The van der Waals surface area contributed by atoms with Crippen LogP contribution < -0.4 is 4.18 Å². The maximum atomic E-state index is 12.5. The monoisotopic (exact) mass is 326 g/mol.